The Morgan fingerprint density at radius 3 is 2.67 bits per heavy atom. The second-order valence-corrected chi connectivity index (χ2v) is 5.84. The maximum absolute atomic E-state index is 9.85. The minimum atomic E-state index is -0.168. The number of aromatic nitrogens is 2. The Bertz CT molecular complexity index is 508. The monoisotopic (exact) mass is 293 g/mol. The molecule has 1 saturated carbocycles. The third kappa shape index (κ3) is 3.75. The number of guanidine groups is 1. The van der Waals surface area contributed by atoms with Gasteiger partial charge in [-0.15, -0.1) is 0 Å². The number of aliphatic hydroxyl groups is 1. The largest absolute Gasteiger partial charge is 0.393 e. The van der Waals surface area contributed by atoms with Crippen molar-refractivity contribution in [3.63, 3.8) is 0 Å². The summed E-state index contributed by atoms with van der Waals surface area (Å²) in [7, 11) is 3.73. The second-order valence-electron chi connectivity index (χ2n) is 5.84. The Balaban J connectivity index is 1.85. The van der Waals surface area contributed by atoms with Gasteiger partial charge >= 0.3 is 0 Å². The molecule has 1 aromatic heterocycles. The van der Waals surface area contributed by atoms with Gasteiger partial charge < -0.3 is 15.7 Å². The molecule has 21 heavy (non-hydrogen) atoms. The van der Waals surface area contributed by atoms with Crippen molar-refractivity contribution >= 4 is 5.96 Å². The van der Waals surface area contributed by atoms with Gasteiger partial charge in [-0.3, -0.25) is 9.67 Å². The van der Waals surface area contributed by atoms with E-state index in [0.717, 1.165) is 37.5 Å². The van der Waals surface area contributed by atoms with Crippen molar-refractivity contribution in [1.29, 1.82) is 0 Å². The number of aliphatic hydroxyl groups excluding tert-OH is 1. The molecule has 6 heteroatoms. The quantitative estimate of drug-likeness (QED) is 0.569. The summed E-state index contributed by atoms with van der Waals surface area (Å²) < 4.78 is 1.90. The third-order valence-electron chi connectivity index (χ3n) is 4.47. The van der Waals surface area contributed by atoms with Crippen molar-refractivity contribution in [2.24, 2.45) is 18.0 Å². The van der Waals surface area contributed by atoms with Crippen molar-refractivity contribution in [3.8, 4) is 0 Å². The van der Waals surface area contributed by atoms with Gasteiger partial charge in [0, 0.05) is 44.4 Å². The van der Waals surface area contributed by atoms with Crippen molar-refractivity contribution in [2.45, 2.75) is 45.8 Å². The fourth-order valence-electron chi connectivity index (χ4n) is 2.95. The molecule has 2 unspecified atom stereocenters. The van der Waals surface area contributed by atoms with E-state index in [4.69, 9.17) is 0 Å². The Labute approximate surface area is 126 Å². The first-order valence-electron chi connectivity index (χ1n) is 7.64. The van der Waals surface area contributed by atoms with Gasteiger partial charge in [0.15, 0.2) is 5.96 Å². The van der Waals surface area contributed by atoms with Crippen LogP contribution in [0.4, 0.5) is 0 Å². The summed E-state index contributed by atoms with van der Waals surface area (Å²) in [5.74, 6) is 1.11. The molecule has 2 rings (SSSR count). The van der Waals surface area contributed by atoms with Gasteiger partial charge in [-0.05, 0) is 26.7 Å². The van der Waals surface area contributed by atoms with Gasteiger partial charge in [0.25, 0.3) is 0 Å². The lowest BCUT2D eigenvalue weighted by atomic mass is 10.1. The second kappa shape index (κ2) is 6.93. The zero-order chi connectivity index (χ0) is 15.4. The average Bonchev–Trinajstić information content (AvgIpc) is 2.96. The molecule has 6 nitrogen and oxygen atoms in total. The van der Waals surface area contributed by atoms with E-state index >= 15 is 0 Å². The molecule has 0 radical (unpaired) electrons. The molecule has 2 atom stereocenters. The van der Waals surface area contributed by atoms with Crippen molar-refractivity contribution < 1.29 is 5.11 Å². The maximum atomic E-state index is 9.85. The number of nitrogens with one attached hydrogen (secondary N) is 2. The van der Waals surface area contributed by atoms with Crippen LogP contribution in [0.3, 0.4) is 0 Å². The van der Waals surface area contributed by atoms with E-state index in [1.807, 2.05) is 18.7 Å². The fourth-order valence-corrected chi connectivity index (χ4v) is 2.95. The topological polar surface area (TPSA) is 74.5 Å². The summed E-state index contributed by atoms with van der Waals surface area (Å²) in [5.41, 5.74) is 3.42. The molecule has 3 N–H and O–H groups in total. The van der Waals surface area contributed by atoms with Crippen molar-refractivity contribution in [3.05, 3.63) is 17.0 Å². The predicted octanol–water partition coefficient (Wildman–Crippen LogP) is 0.863. The van der Waals surface area contributed by atoms with Crippen LogP contribution in [0, 0.1) is 19.8 Å². The summed E-state index contributed by atoms with van der Waals surface area (Å²) in [5, 5.41) is 20.9. The molecular formula is C15H27N5O. The van der Waals surface area contributed by atoms with Gasteiger partial charge in [-0.2, -0.15) is 5.10 Å². The lowest BCUT2D eigenvalue weighted by Gasteiger charge is -2.18. The summed E-state index contributed by atoms with van der Waals surface area (Å²) in [6.07, 6.45) is 2.96. The summed E-state index contributed by atoms with van der Waals surface area (Å²) >= 11 is 0. The molecule has 0 spiro atoms. The molecule has 1 fully saturated rings. The third-order valence-corrected chi connectivity index (χ3v) is 4.47. The first-order chi connectivity index (χ1) is 10.0. The van der Waals surface area contributed by atoms with E-state index < -0.39 is 0 Å². The Kier molecular flexibility index (Phi) is 5.22. The highest BCUT2D eigenvalue weighted by molar-refractivity contribution is 5.79. The van der Waals surface area contributed by atoms with Crippen molar-refractivity contribution in [2.75, 3.05) is 13.6 Å². The SMILES string of the molecule is CN=C(NCc1c(C)nn(C)c1C)NCC1CCCC1O. The Morgan fingerprint density at radius 1 is 1.38 bits per heavy atom. The first kappa shape index (κ1) is 15.8. The predicted molar refractivity (Wildman–Crippen MR) is 84.2 cm³/mol. The molecule has 118 valence electrons. The van der Waals surface area contributed by atoms with E-state index in [1.165, 1.54) is 11.3 Å². The number of aliphatic imine (C=N–C) groups is 1. The van der Waals surface area contributed by atoms with E-state index in [2.05, 4.69) is 27.6 Å². The summed E-state index contributed by atoms with van der Waals surface area (Å²) in [6, 6.07) is 0. The number of nitrogens with zero attached hydrogens (tertiary/aromatic N) is 3. The molecule has 1 heterocycles. The van der Waals surface area contributed by atoms with Crippen LogP contribution >= 0.6 is 0 Å². The molecule has 0 amide bonds. The minimum Gasteiger partial charge on any atom is -0.393 e. The van der Waals surface area contributed by atoms with Gasteiger partial charge in [-0.25, -0.2) is 0 Å². The standard InChI is InChI=1S/C15H27N5O/c1-10-13(11(2)20(4)19-10)9-18-15(16-3)17-8-12-6-5-7-14(12)21/h12,14,21H,5-9H2,1-4H3,(H2,16,17,18). The van der Waals surface area contributed by atoms with Crippen LogP contribution in [0.1, 0.15) is 36.2 Å². The van der Waals surface area contributed by atoms with Crippen LogP contribution in [0.5, 0.6) is 0 Å². The van der Waals surface area contributed by atoms with Crippen LogP contribution in [0.25, 0.3) is 0 Å². The van der Waals surface area contributed by atoms with Crippen molar-refractivity contribution in [1.82, 2.24) is 20.4 Å². The normalized spacial score (nSPS) is 22.6. The molecule has 0 aromatic carbocycles. The summed E-state index contributed by atoms with van der Waals surface area (Å²) in [4.78, 5) is 4.24. The minimum absolute atomic E-state index is 0.168. The number of aryl methyl sites for hydroxylation is 2. The van der Waals surface area contributed by atoms with Gasteiger partial charge in [-0.1, -0.05) is 6.42 Å². The van der Waals surface area contributed by atoms with E-state index in [1.54, 1.807) is 7.05 Å². The molecule has 1 aromatic rings. The lowest BCUT2D eigenvalue weighted by molar-refractivity contribution is 0.134. The zero-order valence-electron chi connectivity index (χ0n) is 13.5. The molecule has 0 aliphatic heterocycles. The molecular weight excluding hydrogens is 266 g/mol. The van der Waals surface area contributed by atoms with E-state index in [0.29, 0.717) is 12.5 Å². The highest BCUT2D eigenvalue weighted by Gasteiger charge is 2.25. The molecule has 1 aliphatic rings. The summed E-state index contributed by atoms with van der Waals surface area (Å²) in [6.45, 7) is 5.57. The average molecular weight is 293 g/mol. The number of hydrogen-bond acceptors (Lipinski definition) is 3. The van der Waals surface area contributed by atoms with E-state index in [-0.39, 0.29) is 6.10 Å². The van der Waals surface area contributed by atoms with Gasteiger partial charge in [0.2, 0.25) is 0 Å². The molecule has 0 bridgehead atoms. The molecule has 0 saturated heterocycles. The van der Waals surface area contributed by atoms with Crippen LogP contribution in [-0.4, -0.2) is 40.5 Å². The highest BCUT2D eigenvalue weighted by atomic mass is 16.3. The number of rotatable bonds is 4. The van der Waals surface area contributed by atoms with Crippen LogP contribution in [-0.2, 0) is 13.6 Å². The van der Waals surface area contributed by atoms with Crippen LogP contribution in [0.15, 0.2) is 4.99 Å². The lowest BCUT2D eigenvalue weighted by Crippen LogP contribution is -2.40. The molecule has 1 aliphatic carbocycles. The maximum Gasteiger partial charge on any atom is 0.191 e. The number of hydrogen-bond donors (Lipinski definition) is 3. The zero-order valence-corrected chi connectivity index (χ0v) is 13.5. The van der Waals surface area contributed by atoms with Crippen LogP contribution in [0.2, 0.25) is 0 Å². The smallest absolute Gasteiger partial charge is 0.191 e. The Morgan fingerprint density at radius 2 is 2.14 bits per heavy atom. The first-order valence-corrected chi connectivity index (χ1v) is 7.64. The highest BCUT2D eigenvalue weighted by Crippen LogP contribution is 2.24. The van der Waals surface area contributed by atoms with E-state index in [9.17, 15) is 5.11 Å². The van der Waals surface area contributed by atoms with Crippen LogP contribution < -0.4 is 10.6 Å². The van der Waals surface area contributed by atoms with Gasteiger partial charge in [0.1, 0.15) is 0 Å². The Hall–Kier alpha value is -1.56. The van der Waals surface area contributed by atoms with Gasteiger partial charge in [0.05, 0.1) is 11.8 Å². The fraction of sp³-hybridized carbons (Fsp3) is 0.733.